The summed E-state index contributed by atoms with van der Waals surface area (Å²) in [7, 11) is 0. The van der Waals surface area contributed by atoms with Crippen LogP contribution >= 0.6 is 11.8 Å². The number of hydrogen-bond donors (Lipinski definition) is 1. The lowest BCUT2D eigenvalue weighted by atomic mass is 10.1. The van der Waals surface area contributed by atoms with E-state index in [-0.39, 0.29) is 5.97 Å². The van der Waals surface area contributed by atoms with Crippen LogP contribution < -0.4 is 10.1 Å². The van der Waals surface area contributed by atoms with Crippen LogP contribution in [0, 0.1) is 6.92 Å². The number of hydrogen-bond acceptors (Lipinski definition) is 6. The number of ether oxygens (including phenoxy) is 1. The number of aryl methyl sites for hydroxylation is 2. The molecule has 1 aromatic heterocycles. The molecule has 0 fully saturated rings. The summed E-state index contributed by atoms with van der Waals surface area (Å²) in [5.41, 5.74) is 2.81. The lowest BCUT2D eigenvalue weighted by Crippen LogP contribution is -2.09. The molecule has 1 heterocycles. The predicted molar refractivity (Wildman–Crippen MR) is 109 cm³/mol. The van der Waals surface area contributed by atoms with E-state index in [4.69, 9.17) is 4.74 Å². The largest absolute Gasteiger partial charge is 0.426 e. The van der Waals surface area contributed by atoms with E-state index < -0.39 is 0 Å². The van der Waals surface area contributed by atoms with Crippen molar-refractivity contribution in [1.29, 1.82) is 0 Å². The van der Waals surface area contributed by atoms with Crippen molar-refractivity contribution in [2.24, 2.45) is 0 Å². The molecule has 0 spiro atoms. The van der Waals surface area contributed by atoms with E-state index in [1.54, 1.807) is 12.1 Å². The van der Waals surface area contributed by atoms with Gasteiger partial charge in [-0.1, -0.05) is 48.2 Å². The molecule has 0 amide bonds. The molecule has 1 N–H and O–H groups in total. The van der Waals surface area contributed by atoms with Gasteiger partial charge in [-0.3, -0.25) is 4.79 Å². The van der Waals surface area contributed by atoms with E-state index in [0.29, 0.717) is 29.6 Å². The first-order valence-electron chi connectivity index (χ1n) is 8.64. The quantitative estimate of drug-likeness (QED) is 0.276. The third-order valence-electron chi connectivity index (χ3n) is 3.82. The first-order valence-corrected chi connectivity index (χ1v) is 9.86. The molecule has 0 atom stereocenters. The zero-order chi connectivity index (χ0) is 19.1. The Morgan fingerprint density at radius 3 is 2.67 bits per heavy atom. The second-order valence-electron chi connectivity index (χ2n) is 5.99. The SMILES string of the molecule is CSc1nc(C)cc(Nc2cccc(OC(=O)CCc3ccccc3)c2)n1. The summed E-state index contributed by atoms with van der Waals surface area (Å²) in [6.45, 7) is 1.93. The van der Waals surface area contributed by atoms with Crippen molar-refractivity contribution in [2.45, 2.75) is 24.9 Å². The van der Waals surface area contributed by atoms with Gasteiger partial charge in [-0.25, -0.2) is 9.97 Å². The minimum atomic E-state index is -0.251. The number of thioether (sulfide) groups is 1. The molecule has 0 radical (unpaired) electrons. The topological polar surface area (TPSA) is 64.1 Å². The van der Waals surface area contributed by atoms with Gasteiger partial charge in [0, 0.05) is 29.9 Å². The molecule has 0 bridgehead atoms. The second-order valence-corrected chi connectivity index (χ2v) is 6.77. The number of rotatable bonds is 7. The zero-order valence-corrected chi connectivity index (χ0v) is 16.1. The highest BCUT2D eigenvalue weighted by atomic mass is 32.2. The maximum Gasteiger partial charge on any atom is 0.311 e. The van der Waals surface area contributed by atoms with E-state index in [1.807, 2.05) is 61.7 Å². The molecule has 0 aliphatic carbocycles. The summed E-state index contributed by atoms with van der Waals surface area (Å²) in [5, 5.41) is 3.94. The molecule has 2 aromatic carbocycles. The number of carbonyl (C=O) groups is 1. The van der Waals surface area contributed by atoms with Crippen LogP contribution in [-0.2, 0) is 11.2 Å². The van der Waals surface area contributed by atoms with Crippen LogP contribution in [-0.4, -0.2) is 22.2 Å². The van der Waals surface area contributed by atoms with Gasteiger partial charge in [0.15, 0.2) is 5.16 Å². The van der Waals surface area contributed by atoms with Crippen LogP contribution in [0.3, 0.4) is 0 Å². The van der Waals surface area contributed by atoms with Crippen molar-refractivity contribution in [3.05, 3.63) is 71.9 Å². The van der Waals surface area contributed by atoms with Gasteiger partial charge in [-0.15, -0.1) is 0 Å². The number of benzene rings is 2. The first-order chi connectivity index (χ1) is 13.1. The Morgan fingerprint density at radius 1 is 1.07 bits per heavy atom. The molecule has 138 valence electrons. The average Bonchev–Trinajstić information content (AvgIpc) is 2.67. The molecule has 3 aromatic rings. The Morgan fingerprint density at radius 2 is 1.89 bits per heavy atom. The summed E-state index contributed by atoms with van der Waals surface area (Å²) < 4.78 is 5.47. The maximum absolute atomic E-state index is 12.1. The van der Waals surface area contributed by atoms with E-state index in [0.717, 1.165) is 16.9 Å². The normalized spacial score (nSPS) is 10.4. The van der Waals surface area contributed by atoms with Crippen LogP contribution in [0.4, 0.5) is 11.5 Å². The van der Waals surface area contributed by atoms with Crippen molar-refractivity contribution in [2.75, 3.05) is 11.6 Å². The second kappa shape index (κ2) is 9.19. The summed E-state index contributed by atoms with van der Waals surface area (Å²) in [6, 6.07) is 19.1. The fourth-order valence-electron chi connectivity index (χ4n) is 2.56. The van der Waals surface area contributed by atoms with Crippen molar-refractivity contribution in [3.63, 3.8) is 0 Å². The Bertz CT molecular complexity index is 916. The highest BCUT2D eigenvalue weighted by molar-refractivity contribution is 7.98. The Kier molecular flexibility index (Phi) is 6.44. The highest BCUT2D eigenvalue weighted by Crippen LogP contribution is 2.22. The molecule has 0 unspecified atom stereocenters. The van der Waals surface area contributed by atoms with Crippen LogP contribution in [0.1, 0.15) is 17.7 Å². The van der Waals surface area contributed by atoms with E-state index in [1.165, 1.54) is 11.8 Å². The van der Waals surface area contributed by atoms with Gasteiger partial charge in [-0.2, -0.15) is 0 Å². The molecular weight excluding hydrogens is 358 g/mol. The first kappa shape index (κ1) is 18.9. The Balaban J connectivity index is 1.61. The van der Waals surface area contributed by atoms with Gasteiger partial charge in [0.1, 0.15) is 11.6 Å². The lowest BCUT2D eigenvalue weighted by Gasteiger charge is -2.10. The molecule has 6 heteroatoms. The minimum absolute atomic E-state index is 0.251. The van der Waals surface area contributed by atoms with Crippen molar-refractivity contribution in [1.82, 2.24) is 9.97 Å². The van der Waals surface area contributed by atoms with Gasteiger partial charge in [0.25, 0.3) is 0 Å². The van der Waals surface area contributed by atoms with Gasteiger partial charge in [0.05, 0.1) is 0 Å². The summed E-state index contributed by atoms with van der Waals surface area (Å²) >= 11 is 1.49. The predicted octanol–water partition coefficient (Wildman–Crippen LogP) is 4.79. The van der Waals surface area contributed by atoms with Gasteiger partial charge < -0.3 is 10.1 Å². The van der Waals surface area contributed by atoms with Crippen LogP contribution in [0.15, 0.2) is 65.8 Å². The lowest BCUT2D eigenvalue weighted by molar-refractivity contribution is -0.134. The number of esters is 1. The Labute approximate surface area is 163 Å². The molecule has 0 saturated carbocycles. The third-order valence-corrected chi connectivity index (χ3v) is 4.36. The van der Waals surface area contributed by atoms with Crippen molar-refractivity contribution < 1.29 is 9.53 Å². The minimum Gasteiger partial charge on any atom is -0.426 e. The van der Waals surface area contributed by atoms with Crippen molar-refractivity contribution >= 4 is 29.2 Å². The molecule has 27 heavy (non-hydrogen) atoms. The molecular formula is C21H21N3O2S. The average molecular weight is 379 g/mol. The van der Waals surface area contributed by atoms with E-state index in [2.05, 4.69) is 15.3 Å². The molecule has 0 aliphatic heterocycles. The number of aromatic nitrogens is 2. The van der Waals surface area contributed by atoms with Crippen LogP contribution in [0.25, 0.3) is 0 Å². The maximum atomic E-state index is 12.1. The fourth-order valence-corrected chi connectivity index (χ4v) is 2.98. The van der Waals surface area contributed by atoms with Crippen molar-refractivity contribution in [3.8, 4) is 5.75 Å². The van der Waals surface area contributed by atoms with Gasteiger partial charge in [0.2, 0.25) is 0 Å². The van der Waals surface area contributed by atoms with Crippen LogP contribution in [0.5, 0.6) is 5.75 Å². The van der Waals surface area contributed by atoms with E-state index in [9.17, 15) is 4.79 Å². The Hall–Kier alpha value is -2.86. The standard InChI is InChI=1S/C21H21N3O2S/c1-15-13-19(24-21(22-15)27-2)23-17-9-6-10-18(14-17)26-20(25)12-11-16-7-4-3-5-8-16/h3-10,13-14H,11-12H2,1-2H3,(H,22,23,24). The number of nitrogens with one attached hydrogen (secondary N) is 1. The van der Waals surface area contributed by atoms with Crippen LogP contribution in [0.2, 0.25) is 0 Å². The molecule has 0 saturated heterocycles. The fraction of sp³-hybridized carbons (Fsp3) is 0.190. The molecule has 0 aliphatic rings. The zero-order valence-electron chi connectivity index (χ0n) is 15.3. The summed E-state index contributed by atoms with van der Waals surface area (Å²) in [4.78, 5) is 20.9. The van der Waals surface area contributed by atoms with Gasteiger partial charge in [-0.05, 0) is 37.3 Å². The highest BCUT2D eigenvalue weighted by Gasteiger charge is 2.07. The third kappa shape index (κ3) is 5.82. The monoisotopic (exact) mass is 379 g/mol. The number of anilines is 2. The van der Waals surface area contributed by atoms with Gasteiger partial charge >= 0.3 is 5.97 Å². The van der Waals surface area contributed by atoms with E-state index >= 15 is 0 Å². The molecule has 5 nitrogen and oxygen atoms in total. The summed E-state index contributed by atoms with van der Waals surface area (Å²) in [6.07, 6.45) is 2.94. The summed E-state index contributed by atoms with van der Waals surface area (Å²) in [5.74, 6) is 0.965. The molecule has 3 rings (SSSR count). The smallest absolute Gasteiger partial charge is 0.311 e. The number of nitrogens with zero attached hydrogens (tertiary/aromatic N) is 2. The number of carbonyl (C=O) groups excluding carboxylic acids is 1.